The Morgan fingerprint density at radius 1 is 0.900 bits per heavy atom. The van der Waals surface area contributed by atoms with Gasteiger partial charge in [0, 0.05) is 0 Å². The molecule has 0 aliphatic rings. The summed E-state index contributed by atoms with van der Waals surface area (Å²) in [5.41, 5.74) is 12.8. The average Bonchev–Trinajstić information content (AvgIpc) is 2.36. The second-order valence-corrected chi connectivity index (χ2v) is 6.24. The van der Waals surface area contributed by atoms with Crippen LogP contribution in [-0.2, 0) is 6.42 Å². The third kappa shape index (κ3) is 3.71. The van der Waals surface area contributed by atoms with Crippen LogP contribution in [0.4, 0.5) is 0 Å². The van der Waals surface area contributed by atoms with E-state index >= 15 is 0 Å². The lowest BCUT2D eigenvalue weighted by atomic mass is 9.93. The summed E-state index contributed by atoms with van der Waals surface area (Å²) in [7, 11) is 0. The summed E-state index contributed by atoms with van der Waals surface area (Å²) in [6, 6.07) is 15.2. The predicted octanol–water partition coefficient (Wildman–Crippen LogP) is 4.55. The number of benzene rings is 2. The Morgan fingerprint density at radius 3 is 2.15 bits per heavy atom. The van der Waals surface area contributed by atoms with Gasteiger partial charge < -0.3 is 5.73 Å². The molecule has 1 heteroatoms. The minimum absolute atomic E-state index is 0.0410. The first-order chi connectivity index (χ1) is 9.45. The highest BCUT2D eigenvalue weighted by Crippen LogP contribution is 2.23. The molecule has 0 saturated carbocycles. The van der Waals surface area contributed by atoms with Gasteiger partial charge in [0.1, 0.15) is 0 Å². The van der Waals surface area contributed by atoms with Crippen molar-refractivity contribution in [3.05, 3.63) is 70.3 Å². The molecule has 2 N–H and O–H groups in total. The molecule has 1 nitrogen and oxygen atoms in total. The lowest BCUT2D eigenvalue weighted by molar-refractivity contribution is 0.646. The fourth-order valence-corrected chi connectivity index (χ4v) is 2.77. The summed E-state index contributed by atoms with van der Waals surface area (Å²) in [5.74, 6) is 0.669. The Kier molecular flexibility index (Phi) is 4.61. The molecule has 20 heavy (non-hydrogen) atoms. The van der Waals surface area contributed by atoms with E-state index in [0.717, 1.165) is 6.42 Å². The second-order valence-electron chi connectivity index (χ2n) is 6.24. The summed E-state index contributed by atoms with van der Waals surface area (Å²) >= 11 is 0. The number of nitrogens with two attached hydrogens (primary N) is 1. The van der Waals surface area contributed by atoms with Crippen LogP contribution in [0.25, 0.3) is 0 Å². The number of aryl methyl sites for hydroxylation is 2. The predicted molar refractivity (Wildman–Crippen MR) is 86.9 cm³/mol. The smallest absolute Gasteiger partial charge is 0.0551 e. The van der Waals surface area contributed by atoms with Gasteiger partial charge in [-0.25, -0.2) is 0 Å². The number of hydrogen-bond acceptors (Lipinski definition) is 1. The molecule has 2 aromatic rings. The highest BCUT2D eigenvalue weighted by molar-refractivity contribution is 5.37. The van der Waals surface area contributed by atoms with Gasteiger partial charge in [-0.05, 0) is 42.9 Å². The highest BCUT2D eigenvalue weighted by Gasteiger charge is 2.10. The maximum absolute atomic E-state index is 6.45. The second kappa shape index (κ2) is 6.23. The molecule has 0 amide bonds. The van der Waals surface area contributed by atoms with Gasteiger partial charge in [-0.2, -0.15) is 0 Å². The molecule has 2 rings (SSSR count). The summed E-state index contributed by atoms with van der Waals surface area (Å²) in [6.07, 6.45) is 1.10. The van der Waals surface area contributed by atoms with Gasteiger partial charge in [-0.15, -0.1) is 0 Å². The minimum atomic E-state index is -0.0410. The molecule has 0 fully saturated rings. The van der Waals surface area contributed by atoms with Crippen LogP contribution in [0.2, 0.25) is 0 Å². The minimum Gasteiger partial charge on any atom is -0.320 e. The summed E-state index contributed by atoms with van der Waals surface area (Å²) in [6.45, 7) is 8.74. The quantitative estimate of drug-likeness (QED) is 0.864. The normalized spacial score (nSPS) is 12.7. The van der Waals surface area contributed by atoms with E-state index in [2.05, 4.69) is 70.2 Å². The highest BCUT2D eigenvalue weighted by atomic mass is 14.6. The monoisotopic (exact) mass is 267 g/mol. The third-order valence-electron chi connectivity index (χ3n) is 3.56. The van der Waals surface area contributed by atoms with Gasteiger partial charge in [-0.1, -0.05) is 67.4 Å². The zero-order chi connectivity index (χ0) is 14.7. The van der Waals surface area contributed by atoms with Crippen LogP contribution in [0.15, 0.2) is 42.5 Å². The molecule has 0 aliphatic heterocycles. The Balaban J connectivity index is 2.30. The van der Waals surface area contributed by atoms with Crippen molar-refractivity contribution in [1.82, 2.24) is 0 Å². The van der Waals surface area contributed by atoms with E-state index in [1.807, 2.05) is 0 Å². The molecule has 1 atom stereocenters. The first-order valence-corrected chi connectivity index (χ1v) is 7.38. The molecule has 0 bridgehead atoms. The molecule has 0 radical (unpaired) electrons. The van der Waals surface area contributed by atoms with Crippen molar-refractivity contribution >= 4 is 0 Å². The van der Waals surface area contributed by atoms with Crippen LogP contribution in [0.5, 0.6) is 0 Å². The van der Waals surface area contributed by atoms with Crippen molar-refractivity contribution < 1.29 is 0 Å². The Bertz CT molecular complexity index is 564. The molecule has 0 spiro atoms. The van der Waals surface area contributed by atoms with Crippen LogP contribution in [0.1, 0.15) is 47.7 Å². The zero-order valence-electron chi connectivity index (χ0n) is 13.0. The Morgan fingerprint density at radius 2 is 1.55 bits per heavy atom. The van der Waals surface area contributed by atoms with Gasteiger partial charge in [0.2, 0.25) is 0 Å². The summed E-state index contributed by atoms with van der Waals surface area (Å²) in [5, 5.41) is 0. The standard InChI is InChI=1S/C19H25N/c1-13(2)8-16-6-5-7-17(12-16)19(20)18-10-14(3)9-15(4)11-18/h5-7,9-13,19H,8,20H2,1-4H3. The van der Waals surface area contributed by atoms with E-state index in [1.165, 1.54) is 27.8 Å². The molecule has 0 aromatic heterocycles. The van der Waals surface area contributed by atoms with Crippen LogP contribution in [-0.4, -0.2) is 0 Å². The third-order valence-corrected chi connectivity index (χ3v) is 3.56. The fraction of sp³-hybridized carbons (Fsp3) is 0.368. The van der Waals surface area contributed by atoms with E-state index in [1.54, 1.807) is 0 Å². The Labute approximate surface area is 122 Å². The molecule has 0 saturated heterocycles. The van der Waals surface area contributed by atoms with Crippen molar-refractivity contribution in [3.63, 3.8) is 0 Å². The summed E-state index contributed by atoms with van der Waals surface area (Å²) < 4.78 is 0. The van der Waals surface area contributed by atoms with E-state index in [9.17, 15) is 0 Å². The van der Waals surface area contributed by atoms with Crippen LogP contribution in [0.3, 0.4) is 0 Å². The zero-order valence-corrected chi connectivity index (χ0v) is 13.0. The topological polar surface area (TPSA) is 26.0 Å². The SMILES string of the molecule is Cc1cc(C)cc(C(N)c2cccc(CC(C)C)c2)c1. The molecular weight excluding hydrogens is 242 g/mol. The van der Waals surface area contributed by atoms with Crippen molar-refractivity contribution in [2.75, 3.05) is 0 Å². The maximum atomic E-state index is 6.45. The van der Waals surface area contributed by atoms with Crippen molar-refractivity contribution in [1.29, 1.82) is 0 Å². The molecule has 1 unspecified atom stereocenters. The van der Waals surface area contributed by atoms with Crippen LogP contribution in [0, 0.1) is 19.8 Å². The van der Waals surface area contributed by atoms with Crippen LogP contribution >= 0.6 is 0 Å². The largest absolute Gasteiger partial charge is 0.320 e. The first kappa shape index (κ1) is 14.8. The molecular formula is C19H25N. The Hall–Kier alpha value is -1.60. The van der Waals surface area contributed by atoms with E-state index < -0.39 is 0 Å². The fourth-order valence-electron chi connectivity index (χ4n) is 2.77. The van der Waals surface area contributed by atoms with Crippen molar-refractivity contribution in [2.45, 2.75) is 40.2 Å². The average molecular weight is 267 g/mol. The molecule has 2 aromatic carbocycles. The number of rotatable bonds is 4. The van der Waals surface area contributed by atoms with Gasteiger partial charge in [-0.3, -0.25) is 0 Å². The molecule has 0 heterocycles. The van der Waals surface area contributed by atoms with E-state index in [0.29, 0.717) is 5.92 Å². The van der Waals surface area contributed by atoms with Crippen LogP contribution < -0.4 is 5.73 Å². The van der Waals surface area contributed by atoms with E-state index in [4.69, 9.17) is 5.73 Å². The van der Waals surface area contributed by atoms with Gasteiger partial charge in [0.15, 0.2) is 0 Å². The lowest BCUT2D eigenvalue weighted by Gasteiger charge is -2.16. The lowest BCUT2D eigenvalue weighted by Crippen LogP contribution is -2.12. The first-order valence-electron chi connectivity index (χ1n) is 7.38. The van der Waals surface area contributed by atoms with E-state index in [-0.39, 0.29) is 6.04 Å². The number of hydrogen-bond donors (Lipinski definition) is 1. The van der Waals surface area contributed by atoms with Gasteiger partial charge >= 0.3 is 0 Å². The van der Waals surface area contributed by atoms with Crippen molar-refractivity contribution in [2.24, 2.45) is 11.7 Å². The van der Waals surface area contributed by atoms with Gasteiger partial charge in [0.05, 0.1) is 6.04 Å². The molecule has 106 valence electrons. The maximum Gasteiger partial charge on any atom is 0.0551 e. The van der Waals surface area contributed by atoms with Gasteiger partial charge in [0.25, 0.3) is 0 Å². The van der Waals surface area contributed by atoms with Crippen molar-refractivity contribution in [3.8, 4) is 0 Å². The summed E-state index contributed by atoms with van der Waals surface area (Å²) in [4.78, 5) is 0. The molecule has 0 aliphatic carbocycles.